The SMILES string of the molecule is CCN(CCNC(=NC)NCC1(C)COC1)c1cccc(C)c1.I. The van der Waals surface area contributed by atoms with Gasteiger partial charge in [-0.2, -0.15) is 0 Å². The summed E-state index contributed by atoms with van der Waals surface area (Å²) in [5.74, 6) is 0.860. The number of guanidine groups is 1. The Balaban J connectivity index is 0.00000288. The molecule has 2 rings (SSSR count). The van der Waals surface area contributed by atoms with Crippen LogP contribution in [0, 0.1) is 12.3 Å². The van der Waals surface area contributed by atoms with E-state index in [0.29, 0.717) is 0 Å². The molecule has 1 aromatic rings. The van der Waals surface area contributed by atoms with Crippen molar-refractivity contribution in [2.24, 2.45) is 10.4 Å². The number of nitrogens with zero attached hydrogens (tertiary/aromatic N) is 2. The van der Waals surface area contributed by atoms with Gasteiger partial charge in [0.05, 0.1) is 13.2 Å². The minimum absolute atomic E-state index is 0. The minimum atomic E-state index is 0. The number of hydrogen-bond donors (Lipinski definition) is 2. The maximum absolute atomic E-state index is 5.28. The number of likely N-dealkylation sites (N-methyl/N-ethyl adjacent to an activating group) is 1. The molecule has 1 aromatic carbocycles. The van der Waals surface area contributed by atoms with E-state index in [0.717, 1.165) is 45.4 Å². The maximum atomic E-state index is 5.28. The average molecular weight is 446 g/mol. The zero-order chi connectivity index (χ0) is 16.7. The van der Waals surface area contributed by atoms with Gasteiger partial charge in [0, 0.05) is 44.3 Å². The van der Waals surface area contributed by atoms with E-state index >= 15 is 0 Å². The molecular formula is C18H31IN4O. The van der Waals surface area contributed by atoms with Crippen molar-refractivity contribution in [2.45, 2.75) is 20.8 Å². The summed E-state index contributed by atoms with van der Waals surface area (Å²) in [5.41, 5.74) is 2.81. The molecule has 0 radical (unpaired) electrons. The van der Waals surface area contributed by atoms with Crippen LogP contribution >= 0.6 is 24.0 Å². The molecule has 0 aliphatic carbocycles. The number of rotatable bonds is 7. The Morgan fingerprint density at radius 2 is 2.08 bits per heavy atom. The summed E-state index contributed by atoms with van der Waals surface area (Å²) in [6, 6.07) is 8.64. The highest BCUT2D eigenvalue weighted by Crippen LogP contribution is 2.24. The van der Waals surface area contributed by atoms with E-state index in [4.69, 9.17) is 4.74 Å². The first-order valence-electron chi connectivity index (χ1n) is 8.40. The van der Waals surface area contributed by atoms with Gasteiger partial charge in [-0.15, -0.1) is 24.0 Å². The monoisotopic (exact) mass is 446 g/mol. The topological polar surface area (TPSA) is 48.9 Å². The Labute approximate surface area is 163 Å². The lowest BCUT2D eigenvalue weighted by atomic mass is 9.89. The Kier molecular flexibility index (Phi) is 8.83. The molecule has 1 saturated heterocycles. The van der Waals surface area contributed by atoms with E-state index in [1.54, 1.807) is 0 Å². The lowest BCUT2D eigenvalue weighted by molar-refractivity contribution is -0.0971. The quantitative estimate of drug-likeness (QED) is 0.384. The summed E-state index contributed by atoms with van der Waals surface area (Å²) in [4.78, 5) is 6.66. The van der Waals surface area contributed by atoms with Gasteiger partial charge in [-0.25, -0.2) is 0 Å². The van der Waals surface area contributed by atoms with E-state index in [2.05, 4.69) is 65.6 Å². The third-order valence-corrected chi connectivity index (χ3v) is 4.23. The molecule has 0 spiro atoms. The van der Waals surface area contributed by atoms with Crippen LogP contribution in [0.15, 0.2) is 29.3 Å². The first-order valence-corrected chi connectivity index (χ1v) is 8.40. The number of anilines is 1. The van der Waals surface area contributed by atoms with E-state index in [-0.39, 0.29) is 29.4 Å². The molecule has 0 bridgehead atoms. The third-order valence-electron chi connectivity index (χ3n) is 4.23. The van der Waals surface area contributed by atoms with Gasteiger partial charge in [-0.05, 0) is 31.5 Å². The molecule has 2 N–H and O–H groups in total. The van der Waals surface area contributed by atoms with Gasteiger partial charge in [0.25, 0.3) is 0 Å². The molecule has 1 aliphatic heterocycles. The molecule has 24 heavy (non-hydrogen) atoms. The second-order valence-corrected chi connectivity index (χ2v) is 6.57. The first-order chi connectivity index (χ1) is 11.1. The summed E-state index contributed by atoms with van der Waals surface area (Å²) < 4.78 is 5.28. The largest absolute Gasteiger partial charge is 0.380 e. The van der Waals surface area contributed by atoms with Crippen molar-refractivity contribution < 1.29 is 4.74 Å². The van der Waals surface area contributed by atoms with Crippen molar-refractivity contribution in [3.8, 4) is 0 Å². The summed E-state index contributed by atoms with van der Waals surface area (Å²) in [7, 11) is 1.81. The number of hydrogen-bond acceptors (Lipinski definition) is 3. The molecule has 1 heterocycles. The summed E-state index contributed by atoms with van der Waals surface area (Å²) in [6.45, 7) is 11.9. The van der Waals surface area contributed by atoms with Crippen molar-refractivity contribution in [3.63, 3.8) is 0 Å². The van der Waals surface area contributed by atoms with Crippen molar-refractivity contribution in [1.82, 2.24) is 10.6 Å². The Hall–Kier alpha value is -1.02. The molecule has 1 aliphatic rings. The third kappa shape index (κ3) is 6.12. The van der Waals surface area contributed by atoms with Crippen LogP contribution in [0.25, 0.3) is 0 Å². The van der Waals surface area contributed by atoms with Gasteiger partial charge in [-0.1, -0.05) is 19.1 Å². The van der Waals surface area contributed by atoms with Gasteiger partial charge in [0.2, 0.25) is 0 Å². The second kappa shape index (κ2) is 10.1. The average Bonchev–Trinajstić information content (AvgIpc) is 2.52. The fourth-order valence-electron chi connectivity index (χ4n) is 2.67. The molecule has 0 aromatic heterocycles. The predicted molar refractivity (Wildman–Crippen MR) is 113 cm³/mol. The lowest BCUT2D eigenvalue weighted by Crippen LogP contribution is -2.51. The molecule has 0 atom stereocenters. The van der Waals surface area contributed by atoms with E-state index in [9.17, 15) is 0 Å². The summed E-state index contributed by atoms with van der Waals surface area (Å²) in [5, 5.41) is 6.79. The standard InChI is InChI=1S/C18H30N4O.HI/c1-5-22(16-8-6-7-15(2)11-16)10-9-20-17(19-4)21-12-18(3)13-23-14-18;/h6-8,11H,5,9-10,12-14H2,1-4H3,(H2,19,20,21);1H. The van der Waals surface area contributed by atoms with E-state index < -0.39 is 0 Å². The van der Waals surface area contributed by atoms with Crippen LogP contribution in [-0.4, -0.2) is 52.4 Å². The van der Waals surface area contributed by atoms with Crippen molar-refractivity contribution in [1.29, 1.82) is 0 Å². The molecule has 1 fully saturated rings. The van der Waals surface area contributed by atoms with Crippen molar-refractivity contribution in [2.75, 3.05) is 51.3 Å². The molecule has 0 amide bonds. The fourth-order valence-corrected chi connectivity index (χ4v) is 2.67. The Bertz CT molecular complexity index is 532. The molecule has 6 heteroatoms. The minimum Gasteiger partial charge on any atom is -0.380 e. The van der Waals surface area contributed by atoms with Gasteiger partial charge in [-0.3, -0.25) is 4.99 Å². The highest BCUT2D eigenvalue weighted by molar-refractivity contribution is 14.0. The highest BCUT2D eigenvalue weighted by Gasteiger charge is 2.33. The number of ether oxygens (including phenoxy) is 1. The number of benzene rings is 1. The highest BCUT2D eigenvalue weighted by atomic mass is 127. The van der Waals surface area contributed by atoms with Crippen LogP contribution in [0.5, 0.6) is 0 Å². The first kappa shape index (κ1) is 21.0. The van der Waals surface area contributed by atoms with E-state index in [1.165, 1.54) is 11.3 Å². The number of aliphatic imine (C=N–C) groups is 1. The predicted octanol–water partition coefficient (Wildman–Crippen LogP) is 2.64. The second-order valence-electron chi connectivity index (χ2n) is 6.57. The van der Waals surface area contributed by atoms with Crippen LogP contribution in [0.3, 0.4) is 0 Å². The zero-order valence-corrected chi connectivity index (χ0v) is 17.6. The fraction of sp³-hybridized carbons (Fsp3) is 0.611. The normalized spacial score (nSPS) is 15.9. The summed E-state index contributed by atoms with van der Waals surface area (Å²) in [6.07, 6.45) is 0. The van der Waals surface area contributed by atoms with Crippen LogP contribution in [0.4, 0.5) is 5.69 Å². The summed E-state index contributed by atoms with van der Waals surface area (Å²) >= 11 is 0. The smallest absolute Gasteiger partial charge is 0.191 e. The van der Waals surface area contributed by atoms with Crippen LogP contribution in [0.2, 0.25) is 0 Å². The maximum Gasteiger partial charge on any atom is 0.191 e. The molecular weight excluding hydrogens is 415 g/mol. The van der Waals surface area contributed by atoms with Crippen LogP contribution in [0.1, 0.15) is 19.4 Å². The van der Waals surface area contributed by atoms with Crippen molar-refractivity contribution in [3.05, 3.63) is 29.8 Å². The number of halogens is 1. The number of aryl methyl sites for hydroxylation is 1. The van der Waals surface area contributed by atoms with Gasteiger partial charge < -0.3 is 20.3 Å². The Morgan fingerprint density at radius 3 is 2.62 bits per heavy atom. The molecule has 0 saturated carbocycles. The van der Waals surface area contributed by atoms with Crippen LogP contribution in [-0.2, 0) is 4.74 Å². The van der Waals surface area contributed by atoms with E-state index in [1.807, 2.05) is 7.05 Å². The number of nitrogens with one attached hydrogen (secondary N) is 2. The van der Waals surface area contributed by atoms with Crippen LogP contribution < -0.4 is 15.5 Å². The zero-order valence-electron chi connectivity index (χ0n) is 15.3. The lowest BCUT2D eigenvalue weighted by Gasteiger charge is -2.38. The van der Waals surface area contributed by atoms with Gasteiger partial charge >= 0.3 is 0 Å². The Morgan fingerprint density at radius 1 is 1.33 bits per heavy atom. The van der Waals surface area contributed by atoms with Gasteiger partial charge in [0.15, 0.2) is 5.96 Å². The van der Waals surface area contributed by atoms with Crippen molar-refractivity contribution >= 4 is 35.6 Å². The molecule has 136 valence electrons. The molecule has 0 unspecified atom stereocenters. The van der Waals surface area contributed by atoms with Gasteiger partial charge in [0.1, 0.15) is 0 Å². The molecule has 5 nitrogen and oxygen atoms in total.